The van der Waals surface area contributed by atoms with E-state index < -0.39 is 5.97 Å². The summed E-state index contributed by atoms with van der Waals surface area (Å²) in [5, 5.41) is 12.3. The number of rotatable bonds is 5. The van der Waals surface area contributed by atoms with Gasteiger partial charge in [-0.15, -0.1) is 0 Å². The van der Waals surface area contributed by atoms with E-state index in [0.29, 0.717) is 18.4 Å². The molecule has 0 aromatic heterocycles. The molecule has 2 aliphatic rings. The smallest absolute Gasteiger partial charge is 0.303 e. The number of piperidine rings is 1. The zero-order valence-electron chi connectivity index (χ0n) is 12.7. The molecule has 3 unspecified atom stereocenters. The Morgan fingerprint density at radius 2 is 2.29 bits per heavy atom. The summed E-state index contributed by atoms with van der Waals surface area (Å²) in [5.41, 5.74) is 0. The van der Waals surface area contributed by atoms with Crippen molar-refractivity contribution >= 4 is 23.6 Å². The number of nitrogens with one attached hydrogen (secondary N) is 1. The van der Waals surface area contributed by atoms with Crippen LogP contribution in [0.3, 0.4) is 0 Å². The molecule has 0 saturated carbocycles. The first kappa shape index (κ1) is 16.6. The summed E-state index contributed by atoms with van der Waals surface area (Å²) in [6.07, 6.45) is 2.81. The van der Waals surface area contributed by atoms with Crippen molar-refractivity contribution in [1.82, 2.24) is 10.2 Å². The van der Waals surface area contributed by atoms with Crippen LogP contribution in [-0.4, -0.2) is 59.1 Å². The second kappa shape index (κ2) is 8.03. The molecule has 0 bridgehead atoms. The van der Waals surface area contributed by atoms with Crippen LogP contribution in [0.1, 0.15) is 32.6 Å². The molecule has 2 aliphatic heterocycles. The second-order valence-electron chi connectivity index (χ2n) is 6.25. The van der Waals surface area contributed by atoms with Crippen LogP contribution in [-0.2, 0) is 9.59 Å². The van der Waals surface area contributed by atoms with Crippen molar-refractivity contribution in [3.63, 3.8) is 0 Å². The van der Waals surface area contributed by atoms with Crippen molar-refractivity contribution < 1.29 is 14.7 Å². The predicted molar refractivity (Wildman–Crippen MR) is 84.5 cm³/mol. The van der Waals surface area contributed by atoms with Crippen molar-refractivity contribution in [3.05, 3.63) is 0 Å². The van der Waals surface area contributed by atoms with Gasteiger partial charge in [0.15, 0.2) is 0 Å². The largest absolute Gasteiger partial charge is 0.481 e. The molecule has 0 radical (unpaired) electrons. The highest BCUT2D eigenvalue weighted by molar-refractivity contribution is 7.99. The molecule has 6 heteroatoms. The Balaban J connectivity index is 1.81. The lowest BCUT2D eigenvalue weighted by Crippen LogP contribution is -2.46. The van der Waals surface area contributed by atoms with E-state index in [0.717, 1.165) is 44.0 Å². The van der Waals surface area contributed by atoms with Crippen LogP contribution in [0, 0.1) is 11.8 Å². The van der Waals surface area contributed by atoms with Crippen LogP contribution < -0.4 is 5.32 Å². The van der Waals surface area contributed by atoms with Crippen molar-refractivity contribution in [2.75, 3.05) is 31.1 Å². The molecule has 0 aromatic rings. The lowest BCUT2D eigenvalue weighted by Gasteiger charge is -2.36. The fourth-order valence-electron chi connectivity index (χ4n) is 3.23. The number of likely N-dealkylation sites (tertiary alicyclic amines) is 1. The van der Waals surface area contributed by atoms with Crippen molar-refractivity contribution in [3.8, 4) is 0 Å². The highest BCUT2D eigenvalue weighted by Gasteiger charge is 2.29. The maximum Gasteiger partial charge on any atom is 0.303 e. The fourth-order valence-corrected chi connectivity index (χ4v) is 4.18. The Bertz CT molecular complexity index is 372. The van der Waals surface area contributed by atoms with Crippen LogP contribution in [0.2, 0.25) is 0 Å². The van der Waals surface area contributed by atoms with Gasteiger partial charge in [0.05, 0.1) is 0 Å². The minimum absolute atomic E-state index is 0.140. The molecule has 2 heterocycles. The Hall–Kier alpha value is -0.750. The van der Waals surface area contributed by atoms with Gasteiger partial charge in [-0.2, -0.15) is 11.8 Å². The maximum absolute atomic E-state index is 12.4. The van der Waals surface area contributed by atoms with Crippen LogP contribution in [0.25, 0.3) is 0 Å². The maximum atomic E-state index is 12.4. The number of hydrogen-bond donors (Lipinski definition) is 2. The summed E-state index contributed by atoms with van der Waals surface area (Å²) in [6.45, 7) is 4.54. The van der Waals surface area contributed by atoms with Gasteiger partial charge in [-0.05, 0) is 24.7 Å². The van der Waals surface area contributed by atoms with Gasteiger partial charge in [-0.3, -0.25) is 9.59 Å². The predicted octanol–water partition coefficient (Wildman–Crippen LogP) is 1.43. The van der Waals surface area contributed by atoms with Crippen LogP contribution in [0.5, 0.6) is 0 Å². The molecule has 2 N–H and O–H groups in total. The van der Waals surface area contributed by atoms with E-state index in [1.165, 1.54) is 0 Å². The Morgan fingerprint density at radius 1 is 1.48 bits per heavy atom. The second-order valence-corrected chi connectivity index (χ2v) is 7.40. The standard InChI is InChI=1S/C15H26N2O3S/c1-11(7-15(19)20)12-3-2-5-17(9-12)14(18)8-13-10-21-6-4-16-13/h11-13,16H,2-10H2,1H3,(H,19,20). The lowest BCUT2D eigenvalue weighted by molar-refractivity contribution is -0.138. The van der Waals surface area contributed by atoms with Gasteiger partial charge in [0, 0.05) is 50.0 Å². The van der Waals surface area contributed by atoms with Gasteiger partial charge in [0.2, 0.25) is 5.91 Å². The quantitative estimate of drug-likeness (QED) is 0.803. The average Bonchev–Trinajstić information content (AvgIpc) is 2.47. The summed E-state index contributed by atoms with van der Waals surface area (Å²) >= 11 is 1.91. The zero-order chi connectivity index (χ0) is 15.2. The summed E-state index contributed by atoms with van der Waals surface area (Å²) in [6, 6.07) is 0.299. The average molecular weight is 314 g/mol. The Labute approximate surface area is 130 Å². The number of aliphatic carboxylic acids is 1. The molecule has 120 valence electrons. The van der Waals surface area contributed by atoms with E-state index in [-0.39, 0.29) is 18.2 Å². The van der Waals surface area contributed by atoms with Crippen molar-refractivity contribution in [1.29, 1.82) is 0 Å². The van der Waals surface area contributed by atoms with E-state index in [9.17, 15) is 9.59 Å². The molecule has 2 saturated heterocycles. The molecule has 2 rings (SSSR count). The van der Waals surface area contributed by atoms with Crippen LogP contribution in [0.4, 0.5) is 0 Å². The molecule has 1 amide bonds. The zero-order valence-corrected chi connectivity index (χ0v) is 13.5. The summed E-state index contributed by atoms with van der Waals surface area (Å²) < 4.78 is 0. The van der Waals surface area contributed by atoms with E-state index in [1.807, 2.05) is 23.6 Å². The fraction of sp³-hybridized carbons (Fsp3) is 0.867. The Kier molecular flexibility index (Phi) is 6.36. The first-order valence-electron chi connectivity index (χ1n) is 7.87. The molecule has 5 nitrogen and oxygen atoms in total. The lowest BCUT2D eigenvalue weighted by atomic mass is 9.84. The molecule has 0 spiro atoms. The first-order chi connectivity index (χ1) is 10.1. The number of thioether (sulfide) groups is 1. The molecule has 2 fully saturated rings. The van der Waals surface area contributed by atoms with Crippen LogP contribution in [0.15, 0.2) is 0 Å². The third-order valence-corrected chi connectivity index (χ3v) is 5.66. The molecule has 21 heavy (non-hydrogen) atoms. The minimum Gasteiger partial charge on any atom is -0.481 e. The SMILES string of the molecule is CC(CC(=O)O)C1CCCN(C(=O)CC2CSCCN2)C1. The third kappa shape index (κ3) is 5.18. The summed E-state index contributed by atoms with van der Waals surface area (Å²) in [4.78, 5) is 25.2. The van der Waals surface area contributed by atoms with Gasteiger partial charge < -0.3 is 15.3 Å². The van der Waals surface area contributed by atoms with E-state index in [4.69, 9.17) is 5.11 Å². The number of nitrogens with zero attached hydrogens (tertiary/aromatic N) is 1. The van der Waals surface area contributed by atoms with Crippen molar-refractivity contribution in [2.24, 2.45) is 11.8 Å². The van der Waals surface area contributed by atoms with E-state index in [1.54, 1.807) is 0 Å². The van der Waals surface area contributed by atoms with Gasteiger partial charge in [-0.1, -0.05) is 6.92 Å². The number of amides is 1. The molecular formula is C15H26N2O3S. The number of carboxylic acid groups (broad SMARTS) is 1. The normalized spacial score (nSPS) is 28.1. The summed E-state index contributed by atoms with van der Waals surface area (Å²) in [5.74, 6) is 2.09. The number of carbonyl (C=O) groups is 2. The monoisotopic (exact) mass is 314 g/mol. The molecule has 0 aromatic carbocycles. The first-order valence-corrected chi connectivity index (χ1v) is 9.02. The Morgan fingerprint density at radius 3 is 2.95 bits per heavy atom. The van der Waals surface area contributed by atoms with Gasteiger partial charge in [-0.25, -0.2) is 0 Å². The van der Waals surface area contributed by atoms with Gasteiger partial charge in [0.1, 0.15) is 0 Å². The summed E-state index contributed by atoms with van der Waals surface area (Å²) in [7, 11) is 0. The number of carboxylic acids is 1. The highest BCUT2D eigenvalue weighted by atomic mass is 32.2. The highest BCUT2D eigenvalue weighted by Crippen LogP contribution is 2.26. The minimum atomic E-state index is -0.741. The topological polar surface area (TPSA) is 69.6 Å². The number of hydrogen-bond acceptors (Lipinski definition) is 4. The third-order valence-electron chi connectivity index (χ3n) is 4.53. The van der Waals surface area contributed by atoms with E-state index in [2.05, 4.69) is 5.32 Å². The van der Waals surface area contributed by atoms with Crippen LogP contribution >= 0.6 is 11.8 Å². The molecule has 3 atom stereocenters. The van der Waals surface area contributed by atoms with E-state index >= 15 is 0 Å². The number of carbonyl (C=O) groups excluding carboxylic acids is 1. The molecule has 0 aliphatic carbocycles. The van der Waals surface area contributed by atoms with Gasteiger partial charge in [0.25, 0.3) is 0 Å². The van der Waals surface area contributed by atoms with Crippen molar-refractivity contribution in [2.45, 2.75) is 38.6 Å². The van der Waals surface area contributed by atoms with Gasteiger partial charge >= 0.3 is 5.97 Å². The molecular weight excluding hydrogens is 288 g/mol.